The molecule has 0 aliphatic carbocycles. The summed E-state index contributed by atoms with van der Waals surface area (Å²) in [5, 5.41) is 0. The van der Waals surface area contributed by atoms with Gasteiger partial charge >= 0.3 is 0 Å². The fourth-order valence-corrected chi connectivity index (χ4v) is 0.884. The van der Waals surface area contributed by atoms with Crippen molar-refractivity contribution in [3.05, 3.63) is 11.8 Å². The third-order valence-electron chi connectivity index (χ3n) is 1.34. The molecule has 0 heterocycles. The fraction of sp³-hybridized carbons (Fsp3) is 0.778. The second-order valence-electron chi connectivity index (χ2n) is 3.17. The molecule has 2 N–H and O–H groups in total. The summed E-state index contributed by atoms with van der Waals surface area (Å²) < 4.78 is 0. The van der Waals surface area contributed by atoms with Gasteiger partial charge in [-0.2, -0.15) is 0 Å². The minimum atomic E-state index is 0.688. The van der Waals surface area contributed by atoms with E-state index in [2.05, 4.69) is 26.8 Å². The van der Waals surface area contributed by atoms with Crippen LogP contribution in [0.15, 0.2) is 11.8 Å². The van der Waals surface area contributed by atoms with Gasteiger partial charge in [-0.1, -0.05) is 33.3 Å². The first-order valence-corrected chi connectivity index (χ1v) is 4.11. The Morgan fingerprint density at radius 1 is 1.50 bits per heavy atom. The molecule has 0 radical (unpaired) electrons. The van der Waals surface area contributed by atoms with E-state index in [0.717, 1.165) is 18.5 Å². The molecule has 0 bridgehead atoms. The molecule has 0 spiro atoms. The quantitative estimate of drug-likeness (QED) is 0.640. The average molecular weight is 141 g/mol. The fourth-order valence-electron chi connectivity index (χ4n) is 0.884. The molecule has 0 unspecified atom stereocenters. The molecule has 10 heavy (non-hydrogen) atoms. The number of rotatable bonds is 4. The second kappa shape index (κ2) is 5.33. The van der Waals surface area contributed by atoms with Gasteiger partial charge in [0.1, 0.15) is 0 Å². The van der Waals surface area contributed by atoms with Crippen molar-refractivity contribution in [2.45, 2.75) is 40.0 Å². The van der Waals surface area contributed by atoms with Crippen molar-refractivity contribution < 1.29 is 0 Å². The van der Waals surface area contributed by atoms with E-state index >= 15 is 0 Å². The number of hydrogen-bond donors (Lipinski definition) is 1. The maximum atomic E-state index is 5.72. The summed E-state index contributed by atoms with van der Waals surface area (Å²) in [6, 6.07) is 0. The van der Waals surface area contributed by atoms with Gasteiger partial charge in [-0.3, -0.25) is 0 Å². The highest BCUT2D eigenvalue weighted by Crippen LogP contribution is 2.06. The smallest absolute Gasteiger partial charge is 0.00425 e. The van der Waals surface area contributed by atoms with E-state index in [-0.39, 0.29) is 0 Å². The Labute approximate surface area is 64.3 Å². The van der Waals surface area contributed by atoms with Crippen molar-refractivity contribution in [3.8, 4) is 0 Å². The van der Waals surface area contributed by atoms with Gasteiger partial charge in [-0.15, -0.1) is 0 Å². The molecule has 0 saturated heterocycles. The van der Waals surface area contributed by atoms with Crippen LogP contribution in [0.2, 0.25) is 0 Å². The third-order valence-corrected chi connectivity index (χ3v) is 1.34. The summed E-state index contributed by atoms with van der Waals surface area (Å²) in [4.78, 5) is 0. The lowest BCUT2D eigenvalue weighted by Gasteiger charge is -2.03. The first kappa shape index (κ1) is 9.54. The number of unbranched alkanes of at least 4 members (excludes halogenated alkanes) is 1. The van der Waals surface area contributed by atoms with Crippen LogP contribution in [0, 0.1) is 5.92 Å². The van der Waals surface area contributed by atoms with Gasteiger partial charge in [-0.05, 0) is 18.8 Å². The Morgan fingerprint density at radius 2 is 2.10 bits per heavy atom. The topological polar surface area (TPSA) is 26.0 Å². The molecular formula is C9H19N. The Bertz CT molecular complexity index is 103. The molecule has 0 amide bonds. The van der Waals surface area contributed by atoms with E-state index in [4.69, 9.17) is 5.73 Å². The zero-order chi connectivity index (χ0) is 7.98. The van der Waals surface area contributed by atoms with E-state index in [1.54, 1.807) is 0 Å². The SMILES string of the molecule is CCC/C=C(/N)CC(C)C. The van der Waals surface area contributed by atoms with Crippen LogP contribution in [0.5, 0.6) is 0 Å². The van der Waals surface area contributed by atoms with Crippen molar-refractivity contribution >= 4 is 0 Å². The van der Waals surface area contributed by atoms with Gasteiger partial charge in [-0.25, -0.2) is 0 Å². The number of nitrogens with two attached hydrogens (primary N) is 1. The molecule has 1 heteroatoms. The Morgan fingerprint density at radius 3 is 2.50 bits per heavy atom. The molecule has 0 aliphatic rings. The monoisotopic (exact) mass is 141 g/mol. The summed E-state index contributed by atoms with van der Waals surface area (Å²) in [5.74, 6) is 0.688. The minimum absolute atomic E-state index is 0.688. The first-order valence-electron chi connectivity index (χ1n) is 4.11. The van der Waals surface area contributed by atoms with E-state index in [0.29, 0.717) is 5.92 Å². The Hall–Kier alpha value is -0.460. The van der Waals surface area contributed by atoms with Crippen LogP contribution in [0.4, 0.5) is 0 Å². The molecule has 0 saturated carbocycles. The zero-order valence-corrected chi connectivity index (χ0v) is 7.35. The first-order chi connectivity index (χ1) is 4.66. The molecule has 0 aromatic carbocycles. The van der Waals surface area contributed by atoms with E-state index in [9.17, 15) is 0 Å². The molecule has 1 nitrogen and oxygen atoms in total. The maximum absolute atomic E-state index is 5.72. The standard InChI is InChI=1S/C9H19N/c1-4-5-6-9(10)7-8(2)3/h6,8H,4-5,7,10H2,1-3H3/b9-6+. The van der Waals surface area contributed by atoms with Gasteiger partial charge in [0.25, 0.3) is 0 Å². The largest absolute Gasteiger partial charge is 0.402 e. The van der Waals surface area contributed by atoms with Crippen LogP contribution in [0.25, 0.3) is 0 Å². The second-order valence-corrected chi connectivity index (χ2v) is 3.17. The van der Waals surface area contributed by atoms with Gasteiger partial charge < -0.3 is 5.73 Å². The highest BCUT2D eigenvalue weighted by atomic mass is 14.6. The summed E-state index contributed by atoms with van der Waals surface area (Å²) in [5.41, 5.74) is 6.77. The van der Waals surface area contributed by atoms with E-state index in [1.807, 2.05) is 0 Å². The molecular weight excluding hydrogens is 122 g/mol. The third kappa shape index (κ3) is 5.67. The number of hydrogen-bond acceptors (Lipinski definition) is 1. The average Bonchev–Trinajstić information content (AvgIpc) is 1.82. The van der Waals surface area contributed by atoms with Gasteiger partial charge in [0.05, 0.1) is 0 Å². The molecule has 0 aliphatic heterocycles. The summed E-state index contributed by atoms with van der Waals surface area (Å²) in [7, 11) is 0. The van der Waals surface area contributed by atoms with Crippen molar-refractivity contribution in [2.75, 3.05) is 0 Å². The summed E-state index contributed by atoms with van der Waals surface area (Å²) in [6.45, 7) is 6.54. The molecule has 0 aromatic heterocycles. The van der Waals surface area contributed by atoms with Crippen LogP contribution in [0.1, 0.15) is 40.0 Å². The predicted molar refractivity (Wildman–Crippen MR) is 46.6 cm³/mol. The normalized spacial score (nSPS) is 12.6. The van der Waals surface area contributed by atoms with Crippen LogP contribution >= 0.6 is 0 Å². The lowest BCUT2D eigenvalue weighted by Crippen LogP contribution is -2.00. The van der Waals surface area contributed by atoms with Crippen molar-refractivity contribution in [2.24, 2.45) is 11.7 Å². The minimum Gasteiger partial charge on any atom is -0.402 e. The highest BCUT2D eigenvalue weighted by molar-refractivity contribution is 4.96. The van der Waals surface area contributed by atoms with Gasteiger partial charge in [0.2, 0.25) is 0 Å². The molecule has 0 rings (SSSR count). The molecule has 0 fully saturated rings. The zero-order valence-electron chi connectivity index (χ0n) is 7.35. The molecule has 0 aromatic rings. The van der Waals surface area contributed by atoms with Crippen LogP contribution < -0.4 is 5.73 Å². The Balaban J connectivity index is 3.49. The van der Waals surface area contributed by atoms with E-state index in [1.165, 1.54) is 6.42 Å². The van der Waals surface area contributed by atoms with Crippen molar-refractivity contribution in [1.29, 1.82) is 0 Å². The molecule has 60 valence electrons. The van der Waals surface area contributed by atoms with Gasteiger partial charge in [0.15, 0.2) is 0 Å². The van der Waals surface area contributed by atoms with Crippen LogP contribution in [0.3, 0.4) is 0 Å². The lowest BCUT2D eigenvalue weighted by molar-refractivity contribution is 0.635. The Kier molecular flexibility index (Phi) is 5.09. The van der Waals surface area contributed by atoms with Crippen LogP contribution in [-0.4, -0.2) is 0 Å². The van der Waals surface area contributed by atoms with Crippen molar-refractivity contribution in [3.63, 3.8) is 0 Å². The number of allylic oxidation sites excluding steroid dienone is 2. The summed E-state index contributed by atoms with van der Waals surface area (Å²) in [6.07, 6.45) is 5.50. The highest BCUT2D eigenvalue weighted by Gasteiger charge is 1.94. The van der Waals surface area contributed by atoms with E-state index < -0.39 is 0 Å². The van der Waals surface area contributed by atoms with Gasteiger partial charge in [0, 0.05) is 5.70 Å². The molecule has 0 atom stereocenters. The lowest BCUT2D eigenvalue weighted by atomic mass is 10.1. The maximum Gasteiger partial charge on any atom is 0.00425 e. The predicted octanol–water partition coefficient (Wildman–Crippen LogP) is 2.68. The van der Waals surface area contributed by atoms with Crippen LogP contribution in [-0.2, 0) is 0 Å². The summed E-state index contributed by atoms with van der Waals surface area (Å²) >= 11 is 0. The van der Waals surface area contributed by atoms with Crippen molar-refractivity contribution in [1.82, 2.24) is 0 Å².